The maximum absolute atomic E-state index is 10.8. The fraction of sp³-hybridized carbons (Fsp3) is 0.533. The lowest BCUT2D eigenvalue weighted by atomic mass is 9.96. The second-order valence-electron chi connectivity index (χ2n) is 5.54. The number of carbonyl (C=O) groups is 1. The Morgan fingerprint density at radius 3 is 2.32 bits per heavy atom. The number of carboxylic acids is 1. The van der Waals surface area contributed by atoms with Crippen molar-refractivity contribution in [2.45, 2.75) is 12.8 Å². The smallest absolute Gasteiger partial charge is 0.335 e. The molecule has 0 aromatic heterocycles. The van der Waals surface area contributed by atoms with E-state index in [1.807, 2.05) is 12.1 Å². The standard InChI is InChI=1S/C15H22N2O2/c1-16(2)11-12-7-9-17(10-8-12)14-5-3-13(4-6-14)15(18)19/h3-6,12H,7-11H2,1-2H3,(H,18,19). The molecule has 0 radical (unpaired) electrons. The van der Waals surface area contributed by atoms with Crippen molar-refractivity contribution in [1.82, 2.24) is 4.90 Å². The number of aromatic carboxylic acids is 1. The Kier molecular flexibility index (Phi) is 4.43. The molecule has 0 spiro atoms. The predicted molar refractivity (Wildman–Crippen MR) is 76.9 cm³/mol. The molecule has 1 aliphatic heterocycles. The third-order valence-corrected chi connectivity index (χ3v) is 3.72. The van der Waals surface area contributed by atoms with E-state index in [0.717, 1.165) is 31.2 Å². The number of nitrogens with zero attached hydrogens (tertiary/aromatic N) is 2. The normalized spacial score (nSPS) is 16.9. The van der Waals surface area contributed by atoms with E-state index in [1.54, 1.807) is 12.1 Å². The molecule has 104 valence electrons. The highest BCUT2D eigenvalue weighted by Crippen LogP contribution is 2.23. The lowest BCUT2D eigenvalue weighted by molar-refractivity contribution is 0.0697. The molecule has 1 N–H and O–H groups in total. The minimum atomic E-state index is -0.865. The molecule has 1 aromatic rings. The lowest BCUT2D eigenvalue weighted by Gasteiger charge is -2.34. The Labute approximate surface area is 114 Å². The number of benzene rings is 1. The maximum Gasteiger partial charge on any atom is 0.335 e. The van der Waals surface area contributed by atoms with Gasteiger partial charge in [-0.3, -0.25) is 0 Å². The van der Waals surface area contributed by atoms with Crippen LogP contribution in [-0.2, 0) is 0 Å². The fourth-order valence-corrected chi connectivity index (χ4v) is 2.70. The molecule has 1 aromatic carbocycles. The molecule has 0 unspecified atom stereocenters. The zero-order valence-electron chi connectivity index (χ0n) is 11.7. The average Bonchev–Trinajstić information content (AvgIpc) is 2.39. The van der Waals surface area contributed by atoms with E-state index in [0.29, 0.717) is 5.56 Å². The zero-order chi connectivity index (χ0) is 13.8. The number of piperidine rings is 1. The minimum absolute atomic E-state index is 0.353. The first-order chi connectivity index (χ1) is 9.06. The number of carboxylic acid groups (broad SMARTS) is 1. The van der Waals surface area contributed by atoms with Crippen LogP contribution in [-0.4, -0.2) is 49.7 Å². The first-order valence-electron chi connectivity index (χ1n) is 6.79. The highest BCUT2D eigenvalue weighted by Gasteiger charge is 2.19. The Balaban J connectivity index is 1.92. The van der Waals surface area contributed by atoms with Gasteiger partial charge in [0.2, 0.25) is 0 Å². The van der Waals surface area contributed by atoms with E-state index < -0.39 is 5.97 Å². The first kappa shape index (κ1) is 13.9. The van der Waals surface area contributed by atoms with Crippen LogP contribution in [0.4, 0.5) is 5.69 Å². The van der Waals surface area contributed by atoms with Gasteiger partial charge in [0.1, 0.15) is 0 Å². The third kappa shape index (κ3) is 3.70. The molecule has 4 nitrogen and oxygen atoms in total. The Hall–Kier alpha value is -1.55. The molecular formula is C15H22N2O2. The molecule has 1 fully saturated rings. The molecule has 1 saturated heterocycles. The Bertz CT molecular complexity index is 420. The Morgan fingerprint density at radius 2 is 1.84 bits per heavy atom. The van der Waals surface area contributed by atoms with Gasteiger partial charge in [-0.2, -0.15) is 0 Å². The zero-order valence-corrected chi connectivity index (χ0v) is 11.7. The van der Waals surface area contributed by atoms with Crippen LogP contribution in [0.5, 0.6) is 0 Å². The van der Waals surface area contributed by atoms with Crippen LogP contribution in [0.1, 0.15) is 23.2 Å². The van der Waals surface area contributed by atoms with E-state index in [1.165, 1.54) is 12.8 Å². The summed E-state index contributed by atoms with van der Waals surface area (Å²) in [6.07, 6.45) is 2.41. The van der Waals surface area contributed by atoms with Gasteiger partial charge in [-0.1, -0.05) is 0 Å². The van der Waals surface area contributed by atoms with Crippen molar-refractivity contribution in [2.24, 2.45) is 5.92 Å². The Morgan fingerprint density at radius 1 is 1.26 bits per heavy atom. The molecule has 4 heteroatoms. The third-order valence-electron chi connectivity index (χ3n) is 3.72. The number of anilines is 1. The van der Waals surface area contributed by atoms with Crippen molar-refractivity contribution < 1.29 is 9.90 Å². The van der Waals surface area contributed by atoms with Crippen molar-refractivity contribution in [1.29, 1.82) is 0 Å². The summed E-state index contributed by atoms with van der Waals surface area (Å²) >= 11 is 0. The molecule has 1 heterocycles. The van der Waals surface area contributed by atoms with Crippen LogP contribution >= 0.6 is 0 Å². The minimum Gasteiger partial charge on any atom is -0.478 e. The highest BCUT2D eigenvalue weighted by atomic mass is 16.4. The van der Waals surface area contributed by atoms with Crippen LogP contribution in [0, 0.1) is 5.92 Å². The lowest BCUT2D eigenvalue weighted by Crippen LogP contribution is -2.37. The van der Waals surface area contributed by atoms with Crippen molar-refractivity contribution in [3.05, 3.63) is 29.8 Å². The van der Waals surface area contributed by atoms with E-state index >= 15 is 0 Å². The van der Waals surface area contributed by atoms with Gasteiger partial charge in [0.05, 0.1) is 5.56 Å². The van der Waals surface area contributed by atoms with Gasteiger partial charge in [0.25, 0.3) is 0 Å². The summed E-state index contributed by atoms with van der Waals surface area (Å²) in [5.41, 5.74) is 1.49. The van der Waals surface area contributed by atoms with Gasteiger partial charge < -0.3 is 14.9 Å². The molecule has 0 atom stereocenters. The van der Waals surface area contributed by atoms with Crippen molar-refractivity contribution in [3.63, 3.8) is 0 Å². The van der Waals surface area contributed by atoms with Gasteiger partial charge >= 0.3 is 5.97 Å². The van der Waals surface area contributed by atoms with Crippen LogP contribution in [0.15, 0.2) is 24.3 Å². The topological polar surface area (TPSA) is 43.8 Å². The summed E-state index contributed by atoms with van der Waals surface area (Å²) in [4.78, 5) is 15.4. The van der Waals surface area contributed by atoms with E-state index in [-0.39, 0.29) is 0 Å². The van der Waals surface area contributed by atoms with Crippen molar-refractivity contribution >= 4 is 11.7 Å². The molecule has 1 aliphatic rings. The summed E-state index contributed by atoms with van der Waals surface area (Å²) in [7, 11) is 4.24. The summed E-state index contributed by atoms with van der Waals surface area (Å²) in [5, 5.41) is 8.89. The monoisotopic (exact) mass is 262 g/mol. The second kappa shape index (κ2) is 6.06. The van der Waals surface area contributed by atoms with Crippen LogP contribution < -0.4 is 4.90 Å². The summed E-state index contributed by atoms with van der Waals surface area (Å²) in [5.74, 6) is -0.0826. The van der Waals surface area contributed by atoms with Crippen LogP contribution in [0.3, 0.4) is 0 Å². The highest BCUT2D eigenvalue weighted by molar-refractivity contribution is 5.88. The van der Waals surface area contributed by atoms with E-state index in [2.05, 4.69) is 23.9 Å². The van der Waals surface area contributed by atoms with Gasteiger partial charge in [0, 0.05) is 25.3 Å². The SMILES string of the molecule is CN(C)CC1CCN(c2ccc(C(=O)O)cc2)CC1. The number of rotatable bonds is 4. The van der Waals surface area contributed by atoms with Crippen LogP contribution in [0.2, 0.25) is 0 Å². The van der Waals surface area contributed by atoms with Crippen molar-refractivity contribution in [2.75, 3.05) is 38.6 Å². The number of hydrogen-bond donors (Lipinski definition) is 1. The van der Waals surface area contributed by atoms with E-state index in [4.69, 9.17) is 5.11 Å². The van der Waals surface area contributed by atoms with Gasteiger partial charge in [-0.05, 0) is 57.1 Å². The molecule has 0 bridgehead atoms. The molecule has 0 amide bonds. The second-order valence-corrected chi connectivity index (χ2v) is 5.54. The van der Waals surface area contributed by atoms with Crippen LogP contribution in [0.25, 0.3) is 0 Å². The fourth-order valence-electron chi connectivity index (χ4n) is 2.70. The quantitative estimate of drug-likeness (QED) is 0.903. The molecule has 0 saturated carbocycles. The molecule has 19 heavy (non-hydrogen) atoms. The maximum atomic E-state index is 10.8. The van der Waals surface area contributed by atoms with Gasteiger partial charge in [0.15, 0.2) is 0 Å². The first-order valence-corrected chi connectivity index (χ1v) is 6.79. The van der Waals surface area contributed by atoms with Crippen molar-refractivity contribution in [3.8, 4) is 0 Å². The van der Waals surface area contributed by atoms with Gasteiger partial charge in [-0.15, -0.1) is 0 Å². The molecular weight excluding hydrogens is 240 g/mol. The predicted octanol–water partition coefficient (Wildman–Crippen LogP) is 2.16. The van der Waals surface area contributed by atoms with E-state index in [9.17, 15) is 4.79 Å². The molecule has 2 rings (SSSR count). The average molecular weight is 262 g/mol. The summed E-state index contributed by atoms with van der Waals surface area (Å²) < 4.78 is 0. The number of hydrogen-bond acceptors (Lipinski definition) is 3. The largest absolute Gasteiger partial charge is 0.478 e. The molecule has 0 aliphatic carbocycles. The van der Waals surface area contributed by atoms with Gasteiger partial charge in [-0.25, -0.2) is 4.79 Å². The summed E-state index contributed by atoms with van der Waals surface area (Å²) in [6, 6.07) is 7.19. The summed E-state index contributed by atoms with van der Waals surface area (Å²) in [6.45, 7) is 3.28.